The zero-order valence-corrected chi connectivity index (χ0v) is 10.8. The molecule has 17 heavy (non-hydrogen) atoms. The standard InChI is InChI=1S/C12H11Cl2N3/c1-6-2-5-8(13)9-10(6)16-12(14)17-11(9)15-7-3-4-7/h2,5,7H,3-4H2,1H3,(H,15,16,17). The van der Waals surface area contributed by atoms with E-state index in [-0.39, 0.29) is 5.28 Å². The number of benzene rings is 1. The van der Waals surface area contributed by atoms with Gasteiger partial charge in [0.2, 0.25) is 5.28 Å². The molecule has 3 nitrogen and oxygen atoms in total. The highest BCUT2D eigenvalue weighted by Gasteiger charge is 2.23. The van der Waals surface area contributed by atoms with E-state index in [1.807, 2.05) is 19.1 Å². The molecule has 0 amide bonds. The smallest absolute Gasteiger partial charge is 0.224 e. The predicted molar refractivity (Wildman–Crippen MR) is 70.9 cm³/mol. The van der Waals surface area contributed by atoms with Gasteiger partial charge in [-0.15, -0.1) is 0 Å². The molecule has 1 aliphatic carbocycles. The molecule has 3 rings (SSSR count). The van der Waals surface area contributed by atoms with Gasteiger partial charge in [-0.25, -0.2) is 9.97 Å². The van der Waals surface area contributed by atoms with E-state index < -0.39 is 0 Å². The van der Waals surface area contributed by atoms with Crippen LogP contribution in [0.2, 0.25) is 10.3 Å². The zero-order chi connectivity index (χ0) is 12.0. The molecular formula is C12H11Cl2N3. The lowest BCUT2D eigenvalue weighted by molar-refractivity contribution is 1.10. The van der Waals surface area contributed by atoms with Crippen LogP contribution in [0.5, 0.6) is 0 Å². The Morgan fingerprint density at radius 1 is 1.24 bits per heavy atom. The molecule has 0 bridgehead atoms. The van der Waals surface area contributed by atoms with Crippen molar-refractivity contribution in [3.63, 3.8) is 0 Å². The summed E-state index contributed by atoms with van der Waals surface area (Å²) in [5, 5.41) is 5.12. The number of hydrogen-bond acceptors (Lipinski definition) is 3. The normalized spacial score (nSPS) is 15.2. The molecule has 1 fully saturated rings. The van der Waals surface area contributed by atoms with Gasteiger partial charge in [-0.2, -0.15) is 0 Å². The third kappa shape index (κ3) is 2.05. The maximum absolute atomic E-state index is 6.23. The molecule has 0 unspecified atom stereocenters. The van der Waals surface area contributed by atoms with Crippen LogP contribution in [-0.2, 0) is 0 Å². The van der Waals surface area contributed by atoms with Crippen molar-refractivity contribution in [2.45, 2.75) is 25.8 Å². The van der Waals surface area contributed by atoms with Crippen molar-refractivity contribution in [3.05, 3.63) is 28.0 Å². The van der Waals surface area contributed by atoms with E-state index in [0.717, 1.165) is 22.3 Å². The first-order chi connectivity index (χ1) is 8.15. The van der Waals surface area contributed by atoms with Gasteiger partial charge >= 0.3 is 0 Å². The minimum atomic E-state index is 0.256. The minimum absolute atomic E-state index is 0.256. The van der Waals surface area contributed by atoms with E-state index in [0.29, 0.717) is 11.1 Å². The Kier molecular flexibility index (Phi) is 2.60. The van der Waals surface area contributed by atoms with Crippen molar-refractivity contribution in [3.8, 4) is 0 Å². The van der Waals surface area contributed by atoms with Crippen LogP contribution in [-0.4, -0.2) is 16.0 Å². The van der Waals surface area contributed by atoms with E-state index in [2.05, 4.69) is 15.3 Å². The molecule has 1 heterocycles. The van der Waals surface area contributed by atoms with Gasteiger partial charge in [-0.3, -0.25) is 0 Å². The second-order valence-electron chi connectivity index (χ2n) is 4.35. The SMILES string of the molecule is Cc1ccc(Cl)c2c(NC3CC3)nc(Cl)nc12. The van der Waals surface area contributed by atoms with Gasteiger partial charge in [0.15, 0.2) is 0 Å². The van der Waals surface area contributed by atoms with Crippen LogP contribution in [0.4, 0.5) is 5.82 Å². The van der Waals surface area contributed by atoms with Crippen LogP contribution in [0.3, 0.4) is 0 Å². The largest absolute Gasteiger partial charge is 0.367 e. The number of aryl methyl sites for hydroxylation is 1. The molecule has 0 aliphatic heterocycles. The number of nitrogens with one attached hydrogen (secondary N) is 1. The average Bonchev–Trinajstić information content (AvgIpc) is 3.07. The highest BCUT2D eigenvalue weighted by Crippen LogP contribution is 2.34. The molecule has 1 saturated carbocycles. The van der Waals surface area contributed by atoms with Crippen molar-refractivity contribution in [1.82, 2.24) is 9.97 Å². The number of hydrogen-bond donors (Lipinski definition) is 1. The second kappa shape index (κ2) is 4.00. The zero-order valence-electron chi connectivity index (χ0n) is 9.30. The molecule has 2 aromatic rings. The number of nitrogens with zero attached hydrogens (tertiary/aromatic N) is 2. The molecule has 1 aliphatic rings. The van der Waals surface area contributed by atoms with Crippen LogP contribution >= 0.6 is 23.2 Å². The highest BCUT2D eigenvalue weighted by molar-refractivity contribution is 6.37. The van der Waals surface area contributed by atoms with Gasteiger partial charge in [0.25, 0.3) is 0 Å². The molecule has 0 atom stereocenters. The van der Waals surface area contributed by atoms with Crippen LogP contribution < -0.4 is 5.32 Å². The molecule has 1 N–H and O–H groups in total. The summed E-state index contributed by atoms with van der Waals surface area (Å²) in [6, 6.07) is 4.31. The maximum Gasteiger partial charge on any atom is 0.224 e. The van der Waals surface area contributed by atoms with Crippen LogP contribution in [0, 0.1) is 6.92 Å². The topological polar surface area (TPSA) is 37.8 Å². The number of fused-ring (bicyclic) bond motifs is 1. The lowest BCUT2D eigenvalue weighted by Crippen LogP contribution is -2.05. The first-order valence-electron chi connectivity index (χ1n) is 5.54. The van der Waals surface area contributed by atoms with Gasteiger partial charge in [0, 0.05) is 6.04 Å². The minimum Gasteiger partial charge on any atom is -0.367 e. The van der Waals surface area contributed by atoms with E-state index in [9.17, 15) is 0 Å². The highest BCUT2D eigenvalue weighted by atomic mass is 35.5. The van der Waals surface area contributed by atoms with Crippen molar-refractivity contribution < 1.29 is 0 Å². The summed E-state index contributed by atoms with van der Waals surface area (Å²) < 4.78 is 0. The van der Waals surface area contributed by atoms with Crippen molar-refractivity contribution in [2.24, 2.45) is 0 Å². The lowest BCUT2D eigenvalue weighted by atomic mass is 10.1. The molecular weight excluding hydrogens is 257 g/mol. The van der Waals surface area contributed by atoms with Gasteiger partial charge in [0.1, 0.15) is 5.82 Å². The van der Waals surface area contributed by atoms with Gasteiger partial charge < -0.3 is 5.32 Å². The first kappa shape index (κ1) is 11.1. The van der Waals surface area contributed by atoms with Crippen molar-refractivity contribution >= 4 is 39.9 Å². The Morgan fingerprint density at radius 2 is 2.00 bits per heavy atom. The number of aromatic nitrogens is 2. The summed E-state index contributed by atoms with van der Waals surface area (Å²) in [6.07, 6.45) is 2.35. The molecule has 88 valence electrons. The molecule has 0 saturated heterocycles. The Hall–Kier alpha value is -1.06. The average molecular weight is 268 g/mol. The van der Waals surface area contributed by atoms with Crippen molar-refractivity contribution in [2.75, 3.05) is 5.32 Å². The quantitative estimate of drug-likeness (QED) is 0.841. The Bertz CT molecular complexity index is 594. The maximum atomic E-state index is 6.23. The molecule has 1 aromatic carbocycles. The Labute approximate surface area is 109 Å². The third-order valence-corrected chi connectivity index (χ3v) is 3.38. The van der Waals surface area contributed by atoms with E-state index in [1.54, 1.807) is 0 Å². The fourth-order valence-corrected chi connectivity index (χ4v) is 2.24. The molecule has 1 aromatic heterocycles. The van der Waals surface area contributed by atoms with Gasteiger partial charge in [-0.1, -0.05) is 17.7 Å². The van der Waals surface area contributed by atoms with E-state index in [1.165, 1.54) is 12.8 Å². The van der Waals surface area contributed by atoms with Crippen LogP contribution in [0.1, 0.15) is 18.4 Å². The first-order valence-corrected chi connectivity index (χ1v) is 6.29. The summed E-state index contributed by atoms with van der Waals surface area (Å²) in [5.41, 5.74) is 1.87. The number of halogens is 2. The molecule has 5 heteroatoms. The predicted octanol–water partition coefficient (Wildman–Crippen LogP) is 3.82. The molecule has 0 spiro atoms. The van der Waals surface area contributed by atoms with E-state index >= 15 is 0 Å². The summed E-state index contributed by atoms with van der Waals surface area (Å²) in [6.45, 7) is 1.99. The van der Waals surface area contributed by atoms with E-state index in [4.69, 9.17) is 23.2 Å². The Balaban J connectivity index is 2.27. The number of anilines is 1. The summed E-state index contributed by atoms with van der Waals surface area (Å²) in [5.74, 6) is 0.746. The fraction of sp³-hybridized carbons (Fsp3) is 0.333. The second-order valence-corrected chi connectivity index (χ2v) is 5.09. The third-order valence-electron chi connectivity index (χ3n) is 2.89. The van der Waals surface area contributed by atoms with Gasteiger partial charge in [-0.05, 0) is 43.0 Å². The number of rotatable bonds is 2. The molecule has 0 radical (unpaired) electrons. The fourth-order valence-electron chi connectivity index (χ4n) is 1.83. The van der Waals surface area contributed by atoms with Gasteiger partial charge in [0.05, 0.1) is 15.9 Å². The lowest BCUT2D eigenvalue weighted by Gasteiger charge is -2.10. The monoisotopic (exact) mass is 267 g/mol. The summed E-state index contributed by atoms with van der Waals surface area (Å²) in [4.78, 5) is 8.50. The van der Waals surface area contributed by atoms with Crippen LogP contribution in [0.15, 0.2) is 12.1 Å². The van der Waals surface area contributed by atoms with Crippen molar-refractivity contribution in [1.29, 1.82) is 0 Å². The Morgan fingerprint density at radius 3 is 2.71 bits per heavy atom. The summed E-state index contributed by atoms with van der Waals surface area (Å²) >= 11 is 12.2. The summed E-state index contributed by atoms with van der Waals surface area (Å²) in [7, 11) is 0. The van der Waals surface area contributed by atoms with Crippen LogP contribution in [0.25, 0.3) is 10.9 Å².